The van der Waals surface area contributed by atoms with Crippen LogP contribution in [-0.2, 0) is 16.5 Å². The molecule has 0 aliphatic carbocycles. The molecule has 0 saturated heterocycles. The Kier molecular flexibility index (Phi) is 12.2. The molecular weight excluding hydrogens is 553 g/mol. The molecule has 4 rings (SSSR count). The van der Waals surface area contributed by atoms with E-state index in [-0.39, 0.29) is 16.5 Å². The third-order valence-electron chi connectivity index (χ3n) is 8.77. The number of hydrogen-bond acceptors (Lipinski definition) is 0. The second-order valence-electron chi connectivity index (χ2n) is 11.0. The van der Waals surface area contributed by atoms with E-state index < -0.39 is 0 Å². The van der Waals surface area contributed by atoms with Crippen LogP contribution >= 0.6 is 17.2 Å². The van der Waals surface area contributed by atoms with Crippen molar-refractivity contribution in [2.45, 2.75) is 83.1 Å². The molecule has 0 fully saturated rings. The number of hydrogen-bond donors (Lipinski definition) is 0. The normalized spacial score (nSPS) is 10.6. The van der Waals surface area contributed by atoms with E-state index >= 15 is 0 Å². The second-order valence-corrected chi connectivity index (χ2v) is 13.6. The fourth-order valence-electron chi connectivity index (χ4n) is 4.66. The van der Waals surface area contributed by atoms with E-state index in [2.05, 4.69) is 132 Å². The summed E-state index contributed by atoms with van der Waals surface area (Å²) in [5.74, 6) is 0. The molecular formula is C36H46NiP2. The van der Waals surface area contributed by atoms with Gasteiger partial charge in [0, 0.05) is 16.5 Å². The van der Waals surface area contributed by atoms with Crippen LogP contribution in [0.3, 0.4) is 0 Å². The quantitative estimate of drug-likeness (QED) is 0.164. The van der Waals surface area contributed by atoms with Crippen molar-refractivity contribution < 1.29 is 16.5 Å². The van der Waals surface area contributed by atoms with Crippen LogP contribution in [0.4, 0.5) is 0 Å². The van der Waals surface area contributed by atoms with E-state index in [9.17, 15) is 0 Å². The minimum Gasteiger partial charge on any atom is -0.0585 e. The Morgan fingerprint density at radius 3 is 0.641 bits per heavy atom. The molecule has 0 unspecified atom stereocenters. The summed E-state index contributed by atoms with van der Waals surface area (Å²) in [6.07, 6.45) is 0. The molecule has 0 radical (unpaired) electrons. The van der Waals surface area contributed by atoms with Gasteiger partial charge in [-0.25, -0.2) is 0 Å². The molecule has 0 atom stereocenters. The second kappa shape index (κ2) is 14.2. The molecule has 39 heavy (non-hydrogen) atoms. The van der Waals surface area contributed by atoms with Gasteiger partial charge in [-0.1, -0.05) is 65.7 Å². The first kappa shape index (κ1) is 33.4. The van der Waals surface area contributed by atoms with E-state index in [1.165, 1.54) is 88.0 Å². The SMILES string of the molecule is Cc1ccc(Pc2ccc(C)c(C)c2C)c(C)c1C.Cc1ccc(Pc2ccc(C)c(C)c2C)c(C)c1C.[Ni]. The molecule has 0 spiro atoms. The van der Waals surface area contributed by atoms with Crippen LogP contribution in [-0.4, -0.2) is 0 Å². The molecule has 0 heterocycles. The topological polar surface area (TPSA) is 0 Å². The summed E-state index contributed by atoms with van der Waals surface area (Å²) in [6, 6.07) is 18.2. The maximum absolute atomic E-state index is 2.30. The number of aryl methyl sites for hydroxylation is 4. The van der Waals surface area contributed by atoms with Crippen LogP contribution in [0.25, 0.3) is 0 Å². The van der Waals surface area contributed by atoms with Gasteiger partial charge in [0.15, 0.2) is 0 Å². The average molecular weight is 599 g/mol. The molecule has 0 amide bonds. The maximum atomic E-state index is 2.30. The Balaban J connectivity index is 0.000000267. The number of rotatable bonds is 4. The van der Waals surface area contributed by atoms with Gasteiger partial charge in [-0.15, -0.1) is 0 Å². The first-order valence-electron chi connectivity index (χ1n) is 13.6. The monoisotopic (exact) mass is 598 g/mol. The smallest absolute Gasteiger partial charge is 0 e. The van der Waals surface area contributed by atoms with Gasteiger partial charge in [0.1, 0.15) is 0 Å². The molecule has 210 valence electrons. The molecule has 0 N–H and O–H groups in total. The first-order valence-corrected chi connectivity index (χ1v) is 15.6. The van der Waals surface area contributed by atoms with Crippen molar-refractivity contribution in [2.75, 3.05) is 0 Å². The molecule has 0 nitrogen and oxygen atoms in total. The minimum absolute atomic E-state index is 0. The van der Waals surface area contributed by atoms with Crippen molar-refractivity contribution in [2.24, 2.45) is 0 Å². The van der Waals surface area contributed by atoms with Crippen molar-refractivity contribution in [3.05, 3.63) is 115 Å². The van der Waals surface area contributed by atoms with Crippen molar-refractivity contribution in [1.29, 1.82) is 0 Å². The molecule has 0 aliphatic heterocycles. The van der Waals surface area contributed by atoms with E-state index in [0.717, 1.165) is 17.2 Å². The minimum atomic E-state index is 0. The zero-order chi connectivity index (χ0) is 28.3. The van der Waals surface area contributed by atoms with E-state index in [1.807, 2.05) is 0 Å². The van der Waals surface area contributed by atoms with Crippen LogP contribution in [0.1, 0.15) is 66.8 Å². The summed E-state index contributed by atoms with van der Waals surface area (Å²) >= 11 is 0. The van der Waals surface area contributed by atoms with Gasteiger partial charge in [-0.3, -0.25) is 0 Å². The van der Waals surface area contributed by atoms with Crippen molar-refractivity contribution in [1.82, 2.24) is 0 Å². The van der Waals surface area contributed by atoms with Crippen LogP contribution in [0.2, 0.25) is 0 Å². The van der Waals surface area contributed by atoms with Crippen LogP contribution in [0, 0.1) is 83.1 Å². The predicted molar refractivity (Wildman–Crippen MR) is 178 cm³/mol. The molecule has 0 aliphatic rings. The molecule has 4 aromatic carbocycles. The van der Waals surface area contributed by atoms with Gasteiger partial charge in [0.05, 0.1) is 0 Å². The summed E-state index contributed by atoms with van der Waals surface area (Å²) in [5.41, 5.74) is 17.1. The summed E-state index contributed by atoms with van der Waals surface area (Å²) in [5, 5.41) is 5.92. The van der Waals surface area contributed by atoms with Gasteiger partial charge in [0.25, 0.3) is 0 Å². The molecule has 0 saturated carbocycles. The Morgan fingerprint density at radius 2 is 0.462 bits per heavy atom. The van der Waals surface area contributed by atoms with Gasteiger partial charge in [-0.2, -0.15) is 0 Å². The maximum Gasteiger partial charge on any atom is 0 e. The zero-order valence-corrected chi connectivity index (χ0v) is 28.9. The van der Waals surface area contributed by atoms with Gasteiger partial charge < -0.3 is 0 Å². The standard InChI is InChI=1S/2C18H23P.Ni/c2*1-11-7-9-17(15(5)13(11)3)19-18-10-8-12(2)14(4)16(18)6;/h2*7-10,19H,1-6H3;. The average Bonchev–Trinajstić information content (AvgIpc) is 2.89. The largest absolute Gasteiger partial charge is 0.0585 e. The van der Waals surface area contributed by atoms with Crippen LogP contribution < -0.4 is 21.2 Å². The number of benzene rings is 4. The van der Waals surface area contributed by atoms with E-state index in [4.69, 9.17) is 0 Å². The Hall–Kier alpha value is -1.77. The van der Waals surface area contributed by atoms with E-state index in [0.29, 0.717) is 0 Å². The van der Waals surface area contributed by atoms with Crippen LogP contribution in [0.5, 0.6) is 0 Å². The summed E-state index contributed by atoms with van der Waals surface area (Å²) in [4.78, 5) is 0. The van der Waals surface area contributed by atoms with Gasteiger partial charge in [0.2, 0.25) is 0 Å². The Labute approximate surface area is 252 Å². The summed E-state index contributed by atoms with van der Waals surface area (Å²) in [6.45, 7) is 26.7. The third-order valence-corrected chi connectivity index (χ3v) is 12.0. The van der Waals surface area contributed by atoms with E-state index in [1.54, 1.807) is 0 Å². The Morgan fingerprint density at radius 1 is 0.282 bits per heavy atom. The van der Waals surface area contributed by atoms with Crippen molar-refractivity contribution in [3.8, 4) is 0 Å². The fraction of sp³-hybridized carbons (Fsp3) is 0.333. The zero-order valence-electron chi connectivity index (χ0n) is 25.9. The van der Waals surface area contributed by atoms with Crippen LogP contribution in [0.15, 0.2) is 48.5 Å². The van der Waals surface area contributed by atoms with Gasteiger partial charge in [-0.05, 0) is 171 Å². The molecule has 0 aromatic heterocycles. The predicted octanol–water partition coefficient (Wildman–Crippen LogP) is 8.33. The molecule has 4 aromatic rings. The Bertz CT molecular complexity index is 1260. The molecule has 0 bridgehead atoms. The summed E-state index contributed by atoms with van der Waals surface area (Å²) < 4.78 is 0. The fourth-order valence-corrected chi connectivity index (χ4v) is 7.40. The van der Waals surface area contributed by atoms with Crippen molar-refractivity contribution in [3.63, 3.8) is 0 Å². The third kappa shape index (κ3) is 7.71. The summed E-state index contributed by atoms with van der Waals surface area (Å²) in [7, 11) is 1.52. The molecule has 3 heteroatoms. The van der Waals surface area contributed by atoms with Gasteiger partial charge >= 0.3 is 0 Å². The first-order chi connectivity index (χ1) is 17.8. The van der Waals surface area contributed by atoms with Crippen molar-refractivity contribution >= 4 is 38.4 Å².